The largest absolute Gasteiger partial charge is 0.469 e. The summed E-state index contributed by atoms with van der Waals surface area (Å²) < 4.78 is 29.2. The molecule has 1 aliphatic heterocycles. The molecule has 5 fully saturated rings. The summed E-state index contributed by atoms with van der Waals surface area (Å²) >= 11 is 0. The van der Waals surface area contributed by atoms with Crippen LogP contribution in [0.25, 0.3) is 0 Å². The molecule has 4 saturated carbocycles. The summed E-state index contributed by atoms with van der Waals surface area (Å²) in [7, 11) is 3.08. The van der Waals surface area contributed by atoms with Crippen LogP contribution in [0, 0.1) is 22.0 Å². The van der Waals surface area contributed by atoms with E-state index in [0.29, 0.717) is 77.8 Å². The molecule has 2 atom stereocenters. The lowest BCUT2D eigenvalue weighted by atomic mass is 9.86. The molecule has 0 aromatic carbocycles. The third-order valence-electron chi connectivity index (χ3n) is 16.0. The highest BCUT2D eigenvalue weighted by Gasteiger charge is 2.43. The van der Waals surface area contributed by atoms with Gasteiger partial charge in [0.05, 0.1) is 75.7 Å². The maximum absolute atomic E-state index is 13.5. The number of aromatic nitrogens is 1. The molecule has 1 aromatic heterocycles. The Labute approximate surface area is 458 Å². The smallest absolute Gasteiger partial charge is 0.308 e. The first kappa shape index (κ1) is 61.8. The first-order valence-electron chi connectivity index (χ1n) is 28.7. The van der Waals surface area contributed by atoms with Gasteiger partial charge in [0.1, 0.15) is 0 Å². The van der Waals surface area contributed by atoms with Crippen molar-refractivity contribution in [3.63, 3.8) is 0 Å². The molecule has 0 spiro atoms. The number of methoxy groups -OCH3 is 1. The first-order valence-corrected chi connectivity index (χ1v) is 28.7. The second-order valence-electron chi connectivity index (χ2n) is 21.7. The number of carbonyl (C=O) groups excluding carboxylic acids is 7. The molecule has 5 N–H and O–H groups in total. The van der Waals surface area contributed by atoms with Crippen LogP contribution in [0.3, 0.4) is 0 Å². The highest BCUT2D eigenvalue weighted by atomic mass is 16.6. The van der Waals surface area contributed by atoms with E-state index < -0.39 is 18.0 Å². The van der Waals surface area contributed by atoms with Crippen LogP contribution in [0.1, 0.15) is 146 Å². The molecule has 6 rings (SSSR count). The van der Waals surface area contributed by atoms with Gasteiger partial charge in [-0.25, -0.2) is 0 Å². The summed E-state index contributed by atoms with van der Waals surface area (Å²) in [4.78, 5) is 108. The van der Waals surface area contributed by atoms with Crippen LogP contribution in [0.2, 0.25) is 0 Å². The molecule has 1 aromatic rings. The van der Waals surface area contributed by atoms with E-state index in [1.165, 1.54) is 7.11 Å². The van der Waals surface area contributed by atoms with Crippen LogP contribution >= 0.6 is 0 Å². The maximum atomic E-state index is 13.5. The molecule has 0 unspecified atom stereocenters. The number of carbonyl (C=O) groups is 7. The predicted molar refractivity (Wildman–Crippen MR) is 285 cm³/mol. The van der Waals surface area contributed by atoms with E-state index in [0.717, 1.165) is 82.6 Å². The zero-order valence-electron chi connectivity index (χ0n) is 46.0. The average molecular weight is 1100 g/mol. The van der Waals surface area contributed by atoms with Gasteiger partial charge in [-0.05, 0) is 114 Å². The van der Waals surface area contributed by atoms with Crippen molar-refractivity contribution in [2.24, 2.45) is 11.8 Å². The SMILES string of the molecule is COC(=O)C1CCC(NC(=O)CCCOC2CCC(OCCNC(=O)CN(CCNC(=O)[C@H]3CC(=O)N(C)[C@@H]3c3cccnc3)CC(=O)NCCOC3CCC(OCCCC(=O)NC4CCC([N+](=O)[O-])CC4)CC3)CC2)CC1. The number of likely N-dealkylation sites (tertiary alicyclic amines) is 1. The Kier molecular flexibility index (Phi) is 26.4. The standard InChI is InChI=1S/C55H87N9O14/c1-62-52(69)34-47(53(62)39-6-3-25-56-35-39)54(70)59-26-29-63(37-51(68)58-28-33-78-46-23-19-44(20-24-46)76-31-5-8-49(66)61-41-13-15-42(16-14-41)64(72)73)36-50(67)57-27-32-77-45-21-17-43(18-22-45)75-30-4-7-48(65)60-40-11-9-38(10-12-40)55(71)74-2/h3,6,25,35,38,40-47,53H,4-5,7-24,26-34,36-37H2,1-2H3,(H,57,67)(H,58,68)(H,59,70)(H,60,65)(H,61,66)/t38?,40?,41?,42?,43?,44?,45?,46?,47-,53+/m0/s1. The van der Waals surface area contributed by atoms with Gasteiger partial charge >= 0.3 is 5.97 Å². The van der Waals surface area contributed by atoms with Gasteiger partial charge in [0, 0.05) is 108 Å². The van der Waals surface area contributed by atoms with Crippen molar-refractivity contribution in [3.8, 4) is 0 Å². The Morgan fingerprint density at radius 1 is 0.667 bits per heavy atom. The van der Waals surface area contributed by atoms with Crippen LogP contribution in [-0.4, -0.2) is 184 Å². The van der Waals surface area contributed by atoms with E-state index in [2.05, 4.69) is 31.6 Å². The fourth-order valence-corrected chi connectivity index (χ4v) is 11.5. The van der Waals surface area contributed by atoms with Crippen molar-refractivity contribution in [2.45, 2.75) is 183 Å². The van der Waals surface area contributed by atoms with Crippen molar-refractivity contribution in [3.05, 3.63) is 40.2 Å². The fraction of sp³-hybridized carbons (Fsp3) is 0.782. The Bertz CT molecular complexity index is 2060. The lowest BCUT2D eigenvalue weighted by Crippen LogP contribution is -2.47. The topological polar surface area (TPSA) is 288 Å². The van der Waals surface area contributed by atoms with E-state index in [1.54, 1.807) is 35.3 Å². The second-order valence-corrected chi connectivity index (χ2v) is 21.7. The molecule has 78 heavy (non-hydrogen) atoms. The molecular weight excluding hydrogens is 1010 g/mol. The van der Waals surface area contributed by atoms with Gasteiger partial charge in [0.2, 0.25) is 41.5 Å². The number of nitro groups is 1. The molecule has 436 valence electrons. The minimum atomic E-state index is -0.631. The number of esters is 1. The van der Waals surface area contributed by atoms with Gasteiger partial charge in [-0.2, -0.15) is 0 Å². The number of pyridine rings is 1. The van der Waals surface area contributed by atoms with Crippen LogP contribution in [0.15, 0.2) is 24.5 Å². The molecule has 6 amide bonds. The predicted octanol–water partition coefficient (Wildman–Crippen LogP) is 3.05. The minimum absolute atomic E-state index is 0.000609. The Morgan fingerprint density at radius 3 is 1.62 bits per heavy atom. The molecule has 23 heteroatoms. The van der Waals surface area contributed by atoms with Crippen LogP contribution < -0.4 is 26.6 Å². The van der Waals surface area contributed by atoms with E-state index in [9.17, 15) is 43.7 Å². The Hall–Kier alpha value is -5.36. The van der Waals surface area contributed by atoms with Gasteiger partial charge in [-0.15, -0.1) is 0 Å². The van der Waals surface area contributed by atoms with Crippen LogP contribution in [0.5, 0.6) is 0 Å². The second kappa shape index (κ2) is 33.3. The summed E-state index contributed by atoms with van der Waals surface area (Å²) in [6.45, 7) is 2.30. The summed E-state index contributed by atoms with van der Waals surface area (Å²) in [6, 6.07) is 2.73. The van der Waals surface area contributed by atoms with Crippen molar-refractivity contribution in [1.29, 1.82) is 0 Å². The van der Waals surface area contributed by atoms with Gasteiger partial charge < -0.3 is 55.2 Å². The van der Waals surface area contributed by atoms with Crippen molar-refractivity contribution in [2.75, 3.05) is 79.9 Å². The highest BCUT2D eigenvalue weighted by molar-refractivity contribution is 5.90. The van der Waals surface area contributed by atoms with Gasteiger partial charge in [0.15, 0.2) is 0 Å². The number of rotatable bonds is 31. The summed E-state index contributed by atoms with van der Waals surface area (Å²) in [5, 5.41) is 25.9. The highest BCUT2D eigenvalue weighted by Crippen LogP contribution is 2.37. The zero-order valence-corrected chi connectivity index (χ0v) is 46.0. The number of nitrogens with zero attached hydrogens (tertiary/aromatic N) is 4. The van der Waals surface area contributed by atoms with Gasteiger partial charge in [0.25, 0.3) is 0 Å². The first-order chi connectivity index (χ1) is 37.7. The molecule has 4 aliphatic carbocycles. The van der Waals surface area contributed by atoms with Crippen LogP contribution in [0.4, 0.5) is 0 Å². The average Bonchev–Trinajstić information content (AvgIpc) is 3.76. The number of nitrogens with one attached hydrogen (secondary N) is 5. The van der Waals surface area contributed by atoms with E-state index in [4.69, 9.17) is 23.7 Å². The number of hydrogen-bond acceptors (Lipinski definition) is 16. The lowest BCUT2D eigenvalue weighted by molar-refractivity contribution is -0.526. The van der Waals surface area contributed by atoms with Crippen molar-refractivity contribution < 1.29 is 62.2 Å². The van der Waals surface area contributed by atoms with Gasteiger partial charge in [-0.1, -0.05) is 6.07 Å². The molecular formula is C55H87N9O14. The fourth-order valence-electron chi connectivity index (χ4n) is 11.5. The number of hydrogen-bond donors (Lipinski definition) is 5. The van der Waals surface area contributed by atoms with E-state index in [1.807, 2.05) is 6.07 Å². The maximum Gasteiger partial charge on any atom is 0.308 e. The lowest BCUT2D eigenvalue weighted by Gasteiger charge is -2.29. The quantitative estimate of drug-likeness (QED) is 0.0309. The molecule has 0 radical (unpaired) electrons. The number of ether oxygens (including phenoxy) is 5. The van der Waals surface area contributed by atoms with Gasteiger partial charge in [-0.3, -0.25) is 53.6 Å². The molecule has 23 nitrogen and oxygen atoms in total. The van der Waals surface area contributed by atoms with Crippen LogP contribution in [-0.2, 0) is 57.2 Å². The van der Waals surface area contributed by atoms with E-state index >= 15 is 0 Å². The summed E-state index contributed by atoms with van der Waals surface area (Å²) in [5.41, 5.74) is 0.761. The molecule has 1 saturated heterocycles. The van der Waals surface area contributed by atoms with E-state index in [-0.39, 0.29) is 134 Å². The Balaban J connectivity index is 0.840. The Morgan fingerprint density at radius 2 is 1.15 bits per heavy atom. The third-order valence-corrected chi connectivity index (χ3v) is 16.0. The monoisotopic (exact) mass is 1100 g/mol. The van der Waals surface area contributed by atoms with Crippen molar-refractivity contribution in [1.82, 2.24) is 41.4 Å². The third kappa shape index (κ3) is 21.4. The number of amides is 6. The molecule has 0 bridgehead atoms. The normalized spacial score (nSPS) is 26.4. The minimum Gasteiger partial charge on any atom is -0.469 e. The zero-order chi connectivity index (χ0) is 55.7. The summed E-state index contributed by atoms with van der Waals surface area (Å²) in [5.74, 6) is -1.96. The summed E-state index contributed by atoms with van der Waals surface area (Å²) in [6.07, 6.45) is 17.4. The van der Waals surface area contributed by atoms with Crippen molar-refractivity contribution >= 4 is 41.4 Å². The molecule has 2 heterocycles. The molecule has 5 aliphatic rings.